The summed E-state index contributed by atoms with van der Waals surface area (Å²) in [6, 6.07) is 5.66. The number of halogens is 1. The molecule has 1 aromatic carbocycles. The van der Waals surface area contributed by atoms with Crippen LogP contribution in [-0.2, 0) is 19.1 Å². The van der Waals surface area contributed by atoms with Crippen molar-refractivity contribution in [1.82, 2.24) is 10.2 Å². The Kier molecular flexibility index (Phi) is 7.53. The normalized spacial score (nSPS) is 33.8. The van der Waals surface area contributed by atoms with Crippen molar-refractivity contribution in [1.29, 1.82) is 0 Å². The average Bonchev–Trinajstić information content (AvgIpc) is 3.48. The van der Waals surface area contributed by atoms with Crippen LogP contribution in [-0.4, -0.2) is 75.6 Å². The molecule has 4 aliphatic rings. The molecule has 3 amide bonds. The van der Waals surface area contributed by atoms with Gasteiger partial charge in [0.25, 0.3) is 0 Å². The molecule has 3 unspecified atom stereocenters. The molecule has 3 N–H and O–H groups in total. The van der Waals surface area contributed by atoms with Crippen LogP contribution in [0.25, 0.3) is 0 Å². The van der Waals surface area contributed by atoms with E-state index in [1.54, 1.807) is 31.2 Å². The van der Waals surface area contributed by atoms with Crippen LogP contribution in [0.4, 0.5) is 5.69 Å². The summed E-state index contributed by atoms with van der Waals surface area (Å²) in [4.78, 5) is 42.6. The maximum absolute atomic E-state index is 13.9. The number of aliphatic hydroxyl groups is 1. The van der Waals surface area contributed by atoms with Gasteiger partial charge < -0.3 is 30.1 Å². The van der Waals surface area contributed by atoms with Gasteiger partial charge in [-0.2, -0.15) is 0 Å². The second kappa shape index (κ2) is 10.5. The molecule has 1 saturated carbocycles. The maximum Gasteiger partial charge on any atom is 0.246 e. The molecule has 37 heavy (non-hydrogen) atoms. The summed E-state index contributed by atoms with van der Waals surface area (Å²) in [5.41, 5.74) is -0.534. The number of amides is 3. The lowest BCUT2D eigenvalue weighted by atomic mass is 9.70. The molecule has 0 radical (unpaired) electrons. The molecule has 1 aliphatic carbocycles. The van der Waals surface area contributed by atoms with Crippen molar-refractivity contribution in [3.63, 3.8) is 0 Å². The minimum absolute atomic E-state index is 0.0650. The molecule has 1 spiro atoms. The van der Waals surface area contributed by atoms with E-state index in [9.17, 15) is 19.5 Å². The first-order chi connectivity index (χ1) is 17.8. The summed E-state index contributed by atoms with van der Waals surface area (Å²) >= 11 is 3.68. The van der Waals surface area contributed by atoms with Gasteiger partial charge in [-0.25, -0.2) is 0 Å². The monoisotopic (exact) mass is 577 g/mol. The zero-order chi connectivity index (χ0) is 26.3. The summed E-state index contributed by atoms with van der Waals surface area (Å²) in [5, 5.41) is 16.1. The van der Waals surface area contributed by atoms with E-state index in [-0.39, 0.29) is 35.2 Å². The fourth-order valence-electron chi connectivity index (χ4n) is 6.78. The molecule has 4 fully saturated rings. The van der Waals surface area contributed by atoms with E-state index in [0.717, 1.165) is 32.1 Å². The predicted molar refractivity (Wildman–Crippen MR) is 140 cm³/mol. The third-order valence-corrected chi connectivity index (χ3v) is 9.25. The number of likely N-dealkylation sites (tertiary alicyclic amines) is 1. The Labute approximate surface area is 225 Å². The van der Waals surface area contributed by atoms with Gasteiger partial charge in [-0.1, -0.05) is 35.2 Å². The lowest BCUT2D eigenvalue weighted by Crippen LogP contribution is -2.59. The van der Waals surface area contributed by atoms with Crippen molar-refractivity contribution < 1.29 is 29.0 Å². The first-order valence-corrected chi connectivity index (χ1v) is 14.3. The number of hydrogen-bond donors (Lipinski definition) is 3. The number of nitrogens with zero attached hydrogens (tertiary/aromatic N) is 1. The zero-order valence-electron chi connectivity index (χ0n) is 21.3. The van der Waals surface area contributed by atoms with E-state index < -0.39 is 35.6 Å². The number of rotatable bonds is 8. The Morgan fingerprint density at radius 3 is 2.57 bits per heavy atom. The number of anilines is 1. The molecule has 3 aliphatic heterocycles. The lowest BCUT2D eigenvalue weighted by molar-refractivity contribution is -0.145. The van der Waals surface area contributed by atoms with Crippen LogP contribution < -0.4 is 15.4 Å². The lowest BCUT2D eigenvalue weighted by Gasteiger charge is -2.37. The zero-order valence-corrected chi connectivity index (χ0v) is 22.9. The first-order valence-electron chi connectivity index (χ1n) is 13.4. The van der Waals surface area contributed by atoms with Gasteiger partial charge in [0.15, 0.2) is 0 Å². The standard InChI is InChI=1S/C27H36BrN3O6/c1-3-36-18-11-9-17(10-12-18)29-24(33)20-21-26(35)31(15(2)14-32)23(27(21)13-19(28)22(20)37-27)25(34)30-16-7-5-4-6-8-16/h9-12,15-16,19-23,32H,3-8,13-14H2,1-2H3,(H,29,33)(H,30,34)/t15-,19?,20-,21+,22-,23?,27?/m1/s1. The molecule has 3 saturated heterocycles. The molecule has 3 heterocycles. The Hall–Kier alpha value is -2.17. The highest BCUT2D eigenvalue weighted by atomic mass is 79.9. The Morgan fingerprint density at radius 2 is 1.92 bits per heavy atom. The first kappa shape index (κ1) is 26.4. The Balaban J connectivity index is 1.43. The van der Waals surface area contributed by atoms with E-state index in [4.69, 9.17) is 9.47 Å². The number of fused-ring (bicyclic) bond motifs is 1. The second-order valence-corrected chi connectivity index (χ2v) is 11.9. The number of nitrogens with one attached hydrogen (secondary N) is 2. The van der Waals surface area contributed by atoms with Gasteiger partial charge in [0, 0.05) is 16.6 Å². The third kappa shape index (κ3) is 4.55. The number of hydrogen-bond acceptors (Lipinski definition) is 6. The van der Waals surface area contributed by atoms with Crippen LogP contribution in [0.3, 0.4) is 0 Å². The third-order valence-electron chi connectivity index (χ3n) is 8.40. The highest BCUT2D eigenvalue weighted by Gasteiger charge is 2.76. The van der Waals surface area contributed by atoms with Crippen LogP contribution in [0.15, 0.2) is 24.3 Å². The van der Waals surface area contributed by atoms with Crippen LogP contribution in [0, 0.1) is 11.8 Å². The molecule has 10 heteroatoms. The molecule has 9 nitrogen and oxygen atoms in total. The molecular weight excluding hydrogens is 542 g/mol. The summed E-state index contributed by atoms with van der Waals surface area (Å²) in [5.74, 6) is -1.74. The summed E-state index contributed by atoms with van der Waals surface area (Å²) in [7, 11) is 0. The SMILES string of the molecule is CCOc1ccc(NC(=O)[C@H]2[C@@H]3OC4(CC3Br)C(C(=O)NC3CCCCC3)N([C@H](C)CO)C(=O)[C@H]24)cc1. The van der Waals surface area contributed by atoms with Gasteiger partial charge >= 0.3 is 0 Å². The second-order valence-electron chi connectivity index (χ2n) is 10.7. The van der Waals surface area contributed by atoms with Crippen molar-refractivity contribution in [2.45, 2.75) is 87.0 Å². The smallest absolute Gasteiger partial charge is 0.246 e. The van der Waals surface area contributed by atoms with E-state index in [0.29, 0.717) is 24.5 Å². The quantitative estimate of drug-likeness (QED) is 0.409. The highest BCUT2D eigenvalue weighted by molar-refractivity contribution is 9.09. The average molecular weight is 579 g/mol. The largest absolute Gasteiger partial charge is 0.494 e. The molecular formula is C27H36BrN3O6. The van der Waals surface area contributed by atoms with E-state index in [1.165, 1.54) is 4.90 Å². The van der Waals surface area contributed by atoms with Crippen molar-refractivity contribution in [3.05, 3.63) is 24.3 Å². The van der Waals surface area contributed by atoms with Crippen LogP contribution >= 0.6 is 15.9 Å². The van der Waals surface area contributed by atoms with Gasteiger partial charge in [0.05, 0.1) is 37.2 Å². The predicted octanol–water partition coefficient (Wildman–Crippen LogP) is 2.60. The summed E-state index contributed by atoms with van der Waals surface area (Å²) in [6.07, 6.45) is 5.02. The number of aliphatic hydroxyl groups excluding tert-OH is 1. The number of carbonyl (C=O) groups is 3. The molecule has 202 valence electrons. The van der Waals surface area contributed by atoms with Crippen molar-refractivity contribution in [3.8, 4) is 5.75 Å². The van der Waals surface area contributed by atoms with Crippen LogP contribution in [0.2, 0.25) is 0 Å². The fourth-order valence-corrected chi connectivity index (χ4v) is 7.73. The van der Waals surface area contributed by atoms with Crippen LogP contribution in [0.1, 0.15) is 52.4 Å². The van der Waals surface area contributed by atoms with Crippen LogP contribution in [0.5, 0.6) is 5.75 Å². The van der Waals surface area contributed by atoms with Crippen molar-refractivity contribution in [2.24, 2.45) is 11.8 Å². The molecule has 0 aromatic heterocycles. The van der Waals surface area contributed by atoms with E-state index in [2.05, 4.69) is 26.6 Å². The number of carbonyl (C=O) groups excluding carboxylic acids is 3. The van der Waals surface area contributed by atoms with Gasteiger partial charge in [-0.3, -0.25) is 14.4 Å². The minimum atomic E-state index is -1.13. The van der Waals surface area contributed by atoms with Gasteiger partial charge in [0.2, 0.25) is 17.7 Å². The maximum atomic E-state index is 13.9. The van der Waals surface area contributed by atoms with Gasteiger partial charge in [0.1, 0.15) is 17.4 Å². The Bertz CT molecular complexity index is 1030. The molecule has 1 aromatic rings. The van der Waals surface area contributed by atoms with Gasteiger partial charge in [-0.15, -0.1) is 0 Å². The topological polar surface area (TPSA) is 117 Å². The number of ether oxygens (including phenoxy) is 2. The van der Waals surface area contributed by atoms with E-state index >= 15 is 0 Å². The fraction of sp³-hybridized carbons (Fsp3) is 0.667. The minimum Gasteiger partial charge on any atom is -0.494 e. The van der Waals surface area contributed by atoms with Crippen molar-refractivity contribution in [2.75, 3.05) is 18.5 Å². The van der Waals surface area contributed by atoms with Gasteiger partial charge in [-0.05, 0) is 57.4 Å². The molecule has 5 rings (SSSR count). The summed E-state index contributed by atoms with van der Waals surface area (Å²) in [6.45, 7) is 3.89. The van der Waals surface area contributed by atoms with Crippen molar-refractivity contribution >= 4 is 39.3 Å². The number of benzene rings is 1. The molecule has 7 atom stereocenters. The number of alkyl halides is 1. The summed E-state index contributed by atoms with van der Waals surface area (Å²) < 4.78 is 12.0. The highest BCUT2D eigenvalue weighted by Crippen LogP contribution is 2.60. The molecule has 2 bridgehead atoms. The van der Waals surface area contributed by atoms with E-state index in [1.807, 2.05) is 6.92 Å². The Morgan fingerprint density at radius 1 is 1.22 bits per heavy atom.